The van der Waals surface area contributed by atoms with Crippen molar-refractivity contribution >= 4 is 44.9 Å². The number of benzene rings is 4. The summed E-state index contributed by atoms with van der Waals surface area (Å²) in [6.45, 7) is 0. The molecule has 0 amide bonds. The Labute approximate surface area is 252 Å². The minimum Gasteiger partial charge on any atom is -0.352 e. The van der Waals surface area contributed by atoms with E-state index in [1.54, 1.807) is 12.4 Å². The zero-order valence-corrected chi connectivity index (χ0v) is 24.9. The van der Waals surface area contributed by atoms with Crippen LogP contribution in [0.4, 0.5) is 0 Å². The van der Waals surface area contributed by atoms with E-state index in [1.807, 2.05) is 109 Å². The smallest absolute Gasteiger partial charge is 0.352 e. The van der Waals surface area contributed by atoms with Gasteiger partial charge in [0.25, 0.3) is 0 Å². The molecule has 0 radical (unpaired) electrons. The number of aromatic nitrogens is 3. The Kier molecular flexibility index (Phi) is 7.45. The Balaban J connectivity index is 0.000000232. The summed E-state index contributed by atoms with van der Waals surface area (Å²) >= 11 is 0. The number of rotatable bonds is 2. The molecule has 0 bridgehead atoms. The van der Waals surface area contributed by atoms with Gasteiger partial charge in [-0.2, -0.15) is 0 Å². The molecular formula is C35H22N3OPPt. The first-order chi connectivity index (χ1) is 19.7. The number of pyridine rings is 3. The van der Waals surface area contributed by atoms with Gasteiger partial charge in [-0.3, -0.25) is 4.98 Å². The Bertz CT molecular complexity index is 2000. The second-order valence-corrected chi connectivity index (χ2v) is 12.1. The molecule has 8 rings (SSSR count). The summed E-state index contributed by atoms with van der Waals surface area (Å²) in [5.41, 5.74) is 5.21. The second-order valence-electron chi connectivity index (χ2n) is 9.47. The molecule has 0 spiro atoms. The molecule has 4 aromatic carbocycles. The van der Waals surface area contributed by atoms with E-state index in [0.29, 0.717) is 5.44 Å². The van der Waals surface area contributed by atoms with Gasteiger partial charge in [-0.05, 0) is 39.7 Å². The van der Waals surface area contributed by atoms with Crippen LogP contribution in [0, 0.1) is 12.1 Å². The van der Waals surface area contributed by atoms with Crippen molar-refractivity contribution in [2.24, 2.45) is 0 Å². The summed E-state index contributed by atoms with van der Waals surface area (Å²) in [5, 5.41) is 4.83. The van der Waals surface area contributed by atoms with Gasteiger partial charge in [0.1, 0.15) is 5.44 Å². The van der Waals surface area contributed by atoms with Crippen molar-refractivity contribution in [3.63, 3.8) is 0 Å². The van der Waals surface area contributed by atoms with E-state index in [-0.39, 0.29) is 21.1 Å². The first kappa shape index (κ1) is 27.0. The summed E-state index contributed by atoms with van der Waals surface area (Å²) in [6.07, 6.45) is 5.32. The van der Waals surface area contributed by atoms with Gasteiger partial charge in [0.05, 0.1) is 0 Å². The molecule has 1 atom stereocenters. The summed E-state index contributed by atoms with van der Waals surface area (Å²) in [7, 11) is -3.09. The minimum atomic E-state index is -3.09. The van der Waals surface area contributed by atoms with Crippen molar-refractivity contribution in [3.8, 4) is 22.4 Å². The van der Waals surface area contributed by atoms with Crippen LogP contribution in [-0.4, -0.2) is 15.0 Å². The average molecular weight is 727 g/mol. The van der Waals surface area contributed by atoms with Crippen LogP contribution in [0.5, 0.6) is 0 Å². The number of para-hydroxylation sites is 1. The maximum Gasteiger partial charge on any atom is 2.00 e. The van der Waals surface area contributed by atoms with Gasteiger partial charge < -0.3 is 14.5 Å². The Morgan fingerprint density at radius 1 is 0.659 bits per heavy atom. The summed E-state index contributed by atoms with van der Waals surface area (Å²) in [4.78, 5) is 13.3. The normalized spacial score (nSPS) is 14.8. The zero-order valence-electron chi connectivity index (χ0n) is 21.7. The van der Waals surface area contributed by atoms with Crippen LogP contribution in [0.2, 0.25) is 0 Å². The van der Waals surface area contributed by atoms with Gasteiger partial charge in [-0.25, -0.2) is 0 Å². The maximum atomic E-state index is 14.5. The topological polar surface area (TPSA) is 55.7 Å². The first-order valence-electron chi connectivity index (χ1n) is 13.0. The van der Waals surface area contributed by atoms with Crippen LogP contribution in [0.25, 0.3) is 44.1 Å². The maximum absolute atomic E-state index is 14.5. The van der Waals surface area contributed by atoms with E-state index >= 15 is 0 Å². The molecule has 7 aromatic rings. The Morgan fingerprint density at radius 3 is 2.29 bits per heavy atom. The van der Waals surface area contributed by atoms with Crippen LogP contribution in [-0.2, 0) is 25.6 Å². The largest absolute Gasteiger partial charge is 2.00 e. The molecule has 1 aliphatic rings. The third-order valence-electron chi connectivity index (χ3n) is 7.08. The van der Waals surface area contributed by atoms with Crippen LogP contribution in [0.15, 0.2) is 134 Å². The van der Waals surface area contributed by atoms with Gasteiger partial charge in [0, 0.05) is 17.7 Å². The van der Waals surface area contributed by atoms with Crippen LogP contribution in [0.3, 0.4) is 0 Å². The van der Waals surface area contributed by atoms with E-state index in [0.717, 1.165) is 54.7 Å². The van der Waals surface area contributed by atoms with E-state index in [9.17, 15) is 4.57 Å². The monoisotopic (exact) mass is 726 g/mol. The molecule has 0 N–H and O–H groups in total. The van der Waals surface area contributed by atoms with Crippen molar-refractivity contribution in [2.75, 3.05) is 0 Å². The molecule has 4 nitrogen and oxygen atoms in total. The molecule has 0 fully saturated rings. The van der Waals surface area contributed by atoms with Gasteiger partial charge >= 0.3 is 21.1 Å². The Morgan fingerprint density at radius 2 is 1.44 bits per heavy atom. The summed E-state index contributed by atoms with van der Waals surface area (Å²) in [5.74, 6) is 0. The SMILES string of the molecule is O=P1(c2ccccn2)c2[c-]c(-c3cc4ccccc4cn3)ccc2-c2ccccc21.[Pt+2].[c-]1ccnc2ccccc12. The summed E-state index contributed by atoms with van der Waals surface area (Å²) < 4.78 is 14.5. The van der Waals surface area contributed by atoms with Crippen molar-refractivity contribution in [1.29, 1.82) is 0 Å². The fraction of sp³-hybridized carbons (Fsp3) is 0. The molecule has 1 unspecified atom stereocenters. The number of nitrogens with zero attached hydrogens (tertiary/aromatic N) is 3. The second kappa shape index (κ2) is 11.3. The predicted molar refractivity (Wildman–Crippen MR) is 163 cm³/mol. The number of hydrogen-bond donors (Lipinski definition) is 0. The van der Waals surface area contributed by atoms with Gasteiger partial charge in [-0.1, -0.05) is 89.9 Å². The minimum absolute atomic E-state index is 0. The van der Waals surface area contributed by atoms with Crippen LogP contribution in [0.1, 0.15) is 0 Å². The fourth-order valence-corrected chi connectivity index (χ4v) is 8.04. The van der Waals surface area contributed by atoms with Gasteiger partial charge in [-0.15, -0.1) is 53.4 Å². The Hall–Kier alpha value is -4.23. The van der Waals surface area contributed by atoms with Crippen molar-refractivity contribution in [3.05, 3.63) is 146 Å². The third-order valence-corrected chi connectivity index (χ3v) is 10.0. The van der Waals surface area contributed by atoms with Crippen molar-refractivity contribution in [1.82, 2.24) is 15.0 Å². The van der Waals surface area contributed by atoms with E-state index in [1.165, 1.54) is 0 Å². The predicted octanol–water partition coefficient (Wildman–Crippen LogP) is 6.75. The molecule has 41 heavy (non-hydrogen) atoms. The standard InChI is InChI=1S/C26H16N2OP.C9H6N.Pt/c29-30(26-11-5-6-14-27-26)24-10-4-3-9-21(24)22-13-12-19(16-25(22)30)23-15-18-7-1-2-8-20(18)17-28-23;1-2-6-9-8(4-1)5-3-7-10-9;/h1-15,17H;1-4,6-7H;/q2*-1;+2. The van der Waals surface area contributed by atoms with Crippen molar-refractivity contribution < 1.29 is 25.6 Å². The zero-order chi connectivity index (χ0) is 26.9. The molecule has 1 aliphatic heterocycles. The molecule has 0 aliphatic carbocycles. The van der Waals surface area contributed by atoms with Crippen molar-refractivity contribution in [2.45, 2.75) is 0 Å². The molecule has 6 heteroatoms. The molecule has 0 saturated heterocycles. The summed E-state index contributed by atoms with van der Waals surface area (Å²) in [6, 6.07) is 44.1. The molecular weight excluding hydrogens is 704 g/mol. The quantitative estimate of drug-likeness (QED) is 0.146. The number of fused-ring (bicyclic) bond motifs is 5. The molecule has 0 saturated carbocycles. The van der Waals surface area contributed by atoms with Gasteiger partial charge in [0.15, 0.2) is 7.14 Å². The van der Waals surface area contributed by atoms with Gasteiger partial charge in [0.2, 0.25) is 0 Å². The van der Waals surface area contributed by atoms with Crippen LogP contribution < -0.4 is 16.0 Å². The third kappa shape index (κ3) is 4.84. The van der Waals surface area contributed by atoms with E-state index < -0.39 is 7.14 Å². The first-order valence-corrected chi connectivity index (χ1v) is 14.7. The average Bonchev–Trinajstić information content (AvgIpc) is 3.30. The van der Waals surface area contributed by atoms with E-state index in [4.69, 9.17) is 0 Å². The van der Waals surface area contributed by atoms with E-state index in [2.05, 4.69) is 39.2 Å². The number of hydrogen-bond acceptors (Lipinski definition) is 4. The molecule has 198 valence electrons. The van der Waals surface area contributed by atoms with Crippen LogP contribution >= 0.6 is 7.14 Å². The molecule has 3 aromatic heterocycles. The molecule has 4 heterocycles. The fourth-order valence-electron chi connectivity index (χ4n) is 5.16.